The summed E-state index contributed by atoms with van der Waals surface area (Å²) in [5.74, 6) is 0.514. The van der Waals surface area contributed by atoms with Crippen LogP contribution in [0.15, 0.2) is 48.5 Å². The lowest BCUT2D eigenvalue weighted by Crippen LogP contribution is -2.16. The highest BCUT2D eigenvalue weighted by Crippen LogP contribution is 2.27. The molecule has 2 aromatic carbocycles. The van der Waals surface area contributed by atoms with Crippen LogP contribution < -0.4 is 9.47 Å². The second-order valence-corrected chi connectivity index (χ2v) is 3.81. The SMILES string of the molecule is O=Cc1ccc(Oc2ccc(OC(F)(F)F)cc2)cc1. The molecule has 0 heterocycles. The topological polar surface area (TPSA) is 35.5 Å². The quantitative estimate of drug-likeness (QED) is 0.789. The number of benzene rings is 2. The summed E-state index contributed by atoms with van der Waals surface area (Å²) in [6.07, 6.45) is -4.01. The Bertz CT molecular complexity index is 574. The van der Waals surface area contributed by atoms with Crippen LogP contribution in [0.4, 0.5) is 13.2 Å². The van der Waals surface area contributed by atoms with Crippen molar-refractivity contribution >= 4 is 6.29 Å². The van der Waals surface area contributed by atoms with Gasteiger partial charge >= 0.3 is 6.36 Å². The standard InChI is InChI=1S/C14H9F3O3/c15-14(16,17)20-13-7-5-12(6-8-13)19-11-3-1-10(9-18)2-4-11/h1-9H. The third kappa shape index (κ3) is 4.01. The second kappa shape index (κ2) is 5.64. The van der Waals surface area contributed by atoms with Crippen molar-refractivity contribution in [2.75, 3.05) is 0 Å². The summed E-state index contributed by atoms with van der Waals surface area (Å²) >= 11 is 0. The van der Waals surface area contributed by atoms with Crippen LogP contribution in [-0.4, -0.2) is 12.6 Å². The normalized spacial score (nSPS) is 10.9. The van der Waals surface area contributed by atoms with E-state index in [0.29, 0.717) is 23.3 Å². The lowest BCUT2D eigenvalue weighted by molar-refractivity contribution is -0.274. The van der Waals surface area contributed by atoms with Gasteiger partial charge in [0, 0.05) is 5.56 Å². The van der Waals surface area contributed by atoms with Crippen molar-refractivity contribution in [1.29, 1.82) is 0 Å². The molecule has 0 fully saturated rings. The van der Waals surface area contributed by atoms with Gasteiger partial charge in [-0.15, -0.1) is 13.2 Å². The number of aldehydes is 1. The first kappa shape index (κ1) is 13.9. The van der Waals surface area contributed by atoms with Gasteiger partial charge in [-0.1, -0.05) is 0 Å². The van der Waals surface area contributed by atoms with E-state index in [1.807, 2.05) is 0 Å². The van der Waals surface area contributed by atoms with E-state index in [2.05, 4.69) is 4.74 Å². The van der Waals surface area contributed by atoms with E-state index in [0.717, 1.165) is 12.1 Å². The maximum Gasteiger partial charge on any atom is 0.573 e. The average molecular weight is 282 g/mol. The second-order valence-electron chi connectivity index (χ2n) is 3.81. The molecular weight excluding hydrogens is 273 g/mol. The van der Waals surface area contributed by atoms with Gasteiger partial charge in [0.05, 0.1) is 0 Å². The molecule has 104 valence electrons. The van der Waals surface area contributed by atoms with Crippen LogP contribution in [0.1, 0.15) is 10.4 Å². The average Bonchev–Trinajstić information content (AvgIpc) is 2.40. The molecule has 0 N–H and O–H groups in total. The molecule has 0 spiro atoms. The Morgan fingerprint density at radius 2 is 1.25 bits per heavy atom. The predicted octanol–water partition coefficient (Wildman–Crippen LogP) is 4.19. The summed E-state index contributed by atoms with van der Waals surface area (Å²) in [5.41, 5.74) is 0.506. The minimum Gasteiger partial charge on any atom is -0.457 e. The highest BCUT2D eigenvalue weighted by Gasteiger charge is 2.30. The van der Waals surface area contributed by atoms with E-state index in [4.69, 9.17) is 4.74 Å². The Hall–Kier alpha value is -2.50. The molecule has 3 nitrogen and oxygen atoms in total. The fraction of sp³-hybridized carbons (Fsp3) is 0.0714. The van der Waals surface area contributed by atoms with Gasteiger partial charge < -0.3 is 9.47 Å². The zero-order valence-electron chi connectivity index (χ0n) is 10.1. The molecule has 0 saturated carbocycles. The van der Waals surface area contributed by atoms with E-state index in [9.17, 15) is 18.0 Å². The summed E-state index contributed by atoms with van der Waals surface area (Å²) in [6, 6.07) is 11.3. The molecule has 0 amide bonds. The van der Waals surface area contributed by atoms with Crippen molar-refractivity contribution in [2.24, 2.45) is 0 Å². The fourth-order valence-corrected chi connectivity index (χ4v) is 1.46. The first-order valence-electron chi connectivity index (χ1n) is 5.55. The van der Waals surface area contributed by atoms with Crippen molar-refractivity contribution < 1.29 is 27.4 Å². The van der Waals surface area contributed by atoms with Crippen molar-refractivity contribution in [2.45, 2.75) is 6.36 Å². The highest BCUT2D eigenvalue weighted by atomic mass is 19.4. The summed E-state index contributed by atoms with van der Waals surface area (Å²) in [4.78, 5) is 10.5. The van der Waals surface area contributed by atoms with Gasteiger partial charge in [0.1, 0.15) is 23.5 Å². The monoisotopic (exact) mass is 282 g/mol. The van der Waals surface area contributed by atoms with E-state index >= 15 is 0 Å². The molecule has 0 atom stereocenters. The summed E-state index contributed by atoms with van der Waals surface area (Å²) < 4.78 is 45.1. The van der Waals surface area contributed by atoms with E-state index in [-0.39, 0.29) is 5.75 Å². The molecule has 0 radical (unpaired) electrons. The van der Waals surface area contributed by atoms with Gasteiger partial charge in [0.25, 0.3) is 0 Å². The molecule has 0 aliphatic heterocycles. The maximum atomic E-state index is 12.0. The molecule has 6 heteroatoms. The minimum absolute atomic E-state index is 0.318. The van der Waals surface area contributed by atoms with Gasteiger partial charge in [-0.2, -0.15) is 0 Å². The highest BCUT2D eigenvalue weighted by molar-refractivity contribution is 5.74. The van der Waals surface area contributed by atoms with Gasteiger partial charge in [-0.25, -0.2) is 0 Å². The largest absolute Gasteiger partial charge is 0.573 e. The molecule has 0 aromatic heterocycles. The number of carbonyl (C=O) groups excluding carboxylic acids is 1. The fourth-order valence-electron chi connectivity index (χ4n) is 1.46. The molecular formula is C14H9F3O3. The maximum absolute atomic E-state index is 12.0. The number of halogens is 3. The van der Waals surface area contributed by atoms with Gasteiger partial charge in [-0.05, 0) is 48.5 Å². The number of ether oxygens (including phenoxy) is 2. The zero-order valence-corrected chi connectivity index (χ0v) is 10.1. The molecule has 0 unspecified atom stereocenters. The van der Waals surface area contributed by atoms with Gasteiger partial charge in [-0.3, -0.25) is 4.79 Å². The first-order valence-corrected chi connectivity index (χ1v) is 5.55. The van der Waals surface area contributed by atoms with Crippen LogP contribution in [0.5, 0.6) is 17.2 Å². The van der Waals surface area contributed by atoms with Crippen LogP contribution in [-0.2, 0) is 0 Å². The number of hydrogen-bond donors (Lipinski definition) is 0. The zero-order chi connectivity index (χ0) is 14.6. The van der Waals surface area contributed by atoms with E-state index < -0.39 is 6.36 Å². The molecule has 0 bridgehead atoms. The Balaban J connectivity index is 2.04. The van der Waals surface area contributed by atoms with Crippen LogP contribution in [0.25, 0.3) is 0 Å². The van der Waals surface area contributed by atoms with Crippen LogP contribution in [0.2, 0.25) is 0 Å². The number of rotatable bonds is 4. The molecule has 0 saturated heterocycles. The Labute approximate surface area is 112 Å². The lowest BCUT2D eigenvalue weighted by Gasteiger charge is -2.10. The predicted molar refractivity (Wildman–Crippen MR) is 65.0 cm³/mol. The third-order valence-electron chi connectivity index (χ3n) is 2.31. The Morgan fingerprint density at radius 3 is 1.70 bits per heavy atom. The Morgan fingerprint density at radius 1 is 0.800 bits per heavy atom. The van der Waals surface area contributed by atoms with Crippen LogP contribution in [0.3, 0.4) is 0 Å². The summed E-state index contributed by atoms with van der Waals surface area (Å²) in [5, 5.41) is 0. The molecule has 2 aromatic rings. The van der Waals surface area contributed by atoms with E-state index in [1.54, 1.807) is 24.3 Å². The number of carbonyl (C=O) groups is 1. The third-order valence-corrected chi connectivity index (χ3v) is 2.31. The van der Waals surface area contributed by atoms with Crippen LogP contribution >= 0.6 is 0 Å². The van der Waals surface area contributed by atoms with Gasteiger partial charge in [0.2, 0.25) is 0 Å². The van der Waals surface area contributed by atoms with Crippen LogP contribution in [0, 0.1) is 0 Å². The van der Waals surface area contributed by atoms with E-state index in [1.165, 1.54) is 12.1 Å². The summed E-state index contributed by atoms with van der Waals surface area (Å²) in [7, 11) is 0. The first-order chi connectivity index (χ1) is 9.46. The molecule has 2 rings (SSSR count). The molecule has 0 aliphatic carbocycles. The van der Waals surface area contributed by atoms with Crippen molar-refractivity contribution in [1.82, 2.24) is 0 Å². The number of hydrogen-bond acceptors (Lipinski definition) is 3. The lowest BCUT2D eigenvalue weighted by atomic mass is 10.2. The van der Waals surface area contributed by atoms with Gasteiger partial charge in [0.15, 0.2) is 0 Å². The van der Waals surface area contributed by atoms with Crippen molar-refractivity contribution in [3.63, 3.8) is 0 Å². The summed E-state index contributed by atoms with van der Waals surface area (Å²) in [6.45, 7) is 0. The Kier molecular flexibility index (Phi) is 3.93. The smallest absolute Gasteiger partial charge is 0.457 e. The van der Waals surface area contributed by atoms with Crippen molar-refractivity contribution in [3.8, 4) is 17.2 Å². The molecule has 20 heavy (non-hydrogen) atoms. The van der Waals surface area contributed by atoms with Crippen molar-refractivity contribution in [3.05, 3.63) is 54.1 Å². The molecule has 0 aliphatic rings. The number of alkyl halides is 3. The minimum atomic E-state index is -4.72.